The van der Waals surface area contributed by atoms with E-state index in [1.54, 1.807) is 0 Å². The molecule has 0 atom stereocenters. The summed E-state index contributed by atoms with van der Waals surface area (Å²) in [6.07, 6.45) is 7.11. The summed E-state index contributed by atoms with van der Waals surface area (Å²) in [4.78, 5) is 12.1. The lowest BCUT2D eigenvalue weighted by molar-refractivity contribution is -0.119. The maximum Gasteiger partial charge on any atom is 0.230 e. The van der Waals surface area contributed by atoms with Crippen LogP contribution < -0.4 is 5.32 Å². The molecule has 2 aliphatic carbocycles. The van der Waals surface area contributed by atoms with E-state index in [9.17, 15) is 4.79 Å². The van der Waals surface area contributed by atoms with Crippen molar-refractivity contribution >= 4 is 17.7 Å². The van der Waals surface area contributed by atoms with Gasteiger partial charge in [-0.25, -0.2) is 0 Å². The maximum absolute atomic E-state index is 12.1. The number of aryl methyl sites for hydroxylation is 1. The molecule has 0 saturated heterocycles. The number of nitrogens with one attached hydrogen (secondary N) is 1. The monoisotopic (exact) mass is 308 g/mol. The first-order valence-corrected chi connectivity index (χ1v) is 8.95. The molecule has 0 bridgehead atoms. The van der Waals surface area contributed by atoms with E-state index < -0.39 is 0 Å². The lowest BCUT2D eigenvalue weighted by atomic mass is 9.87. The zero-order valence-electron chi connectivity index (χ0n) is 12.8. The fraction of sp³-hybridized carbons (Fsp3) is 0.800. The minimum atomic E-state index is 0.127. The Morgan fingerprint density at radius 1 is 1.24 bits per heavy atom. The number of rotatable bonds is 5. The van der Waals surface area contributed by atoms with E-state index in [4.69, 9.17) is 0 Å². The van der Waals surface area contributed by atoms with Gasteiger partial charge in [-0.3, -0.25) is 4.79 Å². The summed E-state index contributed by atoms with van der Waals surface area (Å²) in [5.41, 5.74) is 0. The van der Waals surface area contributed by atoms with Gasteiger partial charge >= 0.3 is 0 Å². The molecule has 0 spiro atoms. The van der Waals surface area contributed by atoms with Gasteiger partial charge in [-0.15, -0.1) is 10.2 Å². The molecule has 0 radical (unpaired) electrons. The van der Waals surface area contributed by atoms with E-state index in [1.165, 1.54) is 37.4 Å². The second kappa shape index (κ2) is 6.38. The molecule has 3 rings (SSSR count). The van der Waals surface area contributed by atoms with E-state index in [-0.39, 0.29) is 5.91 Å². The fourth-order valence-electron chi connectivity index (χ4n) is 3.01. The highest BCUT2D eigenvalue weighted by Gasteiger charge is 2.28. The Balaban J connectivity index is 1.47. The van der Waals surface area contributed by atoms with Crippen LogP contribution in [0.1, 0.15) is 57.3 Å². The first-order valence-electron chi connectivity index (χ1n) is 7.97. The van der Waals surface area contributed by atoms with Crippen LogP contribution in [-0.2, 0) is 4.79 Å². The van der Waals surface area contributed by atoms with Crippen molar-refractivity contribution in [2.45, 2.75) is 69.6 Å². The Labute approximate surface area is 130 Å². The molecule has 0 aliphatic heterocycles. The molecule has 0 aromatic carbocycles. The van der Waals surface area contributed by atoms with Crippen molar-refractivity contribution in [1.82, 2.24) is 20.1 Å². The second-order valence-corrected chi connectivity index (χ2v) is 7.39. The van der Waals surface area contributed by atoms with Crippen molar-refractivity contribution in [2.24, 2.45) is 5.92 Å². The summed E-state index contributed by atoms with van der Waals surface area (Å²) in [5, 5.41) is 12.4. The van der Waals surface area contributed by atoms with Gasteiger partial charge in [-0.05, 0) is 51.4 Å². The molecule has 1 N–H and O–H groups in total. The third-order valence-corrected chi connectivity index (χ3v) is 5.40. The number of hydrogen-bond donors (Lipinski definition) is 1. The number of nitrogens with zero attached hydrogens (tertiary/aromatic N) is 3. The fourth-order valence-corrected chi connectivity index (χ4v) is 3.87. The predicted octanol–water partition coefficient (Wildman–Crippen LogP) is 2.71. The molecule has 6 heteroatoms. The molecule has 0 unspecified atom stereocenters. The summed E-state index contributed by atoms with van der Waals surface area (Å²) >= 11 is 1.51. The predicted molar refractivity (Wildman–Crippen MR) is 83.3 cm³/mol. The van der Waals surface area contributed by atoms with Crippen LogP contribution in [0.15, 0.2) is 5.16 Å². The number of carbonyl (C=O) groups is 1. The SMILES string of the molecule is Cc1nnc(SCC(=O)NC2CCC(C)CC2)n1C1CC1. The average Bonchev–Trinajstić information content (AvgIpc) is 3.23. The number of amides is 1. The minimum Gasteiger partial charge on any atom is -0.353 e. The topological polar surface area (TPSA) is 59.8 Å². The van der Waals surface area contributed by atoms with Crippen LogP contribution in [0.3, 0.4) is 0 Å². The lowest BCUT2D eigenvalue weighted by Crippen LogP contribution is -2.38. The summed E-state index contributed by atoms with van der Waals surface area (Å²) in [6.45, 7) is 4.28. The Hall–Kier alpha value is -1.04. The molecule has 2 aliphatic rings. The van der Waals surface area contributed by atoms with Crippen LogP contribution in [0.5, 0.6) is 0 Å². The van der Waals surface area contributed by atoms with Gasteiger partial charge in [0.2, 0.25) is 5.91 Å². The largest absolute Gasteiger partial charge is 0.353 e. The van der Waals surface area contributed by atoms with Gasteiger partial charge in [0.1, 0.15) is 5.82 Å². The van der Waals surface area contributed by atoms with Gasteiger partial charge in [0.05, 0.1) is 5.75 Å². The van der Waals surface area contributed by atoms with Crippen LogP contribution in [0.4, 0.5) is 0 Å². The highest BCUT2D eigenvalue weighted by Crippen LogP contribution is 2.38. The van der Waals surface area contributed by atoms with Crippen LogP contribution in [0, 0.1) is 12.8 Å². The molecule has 1 aromatic heterocycles. The summed E-state index contributed by atoms with van der Waals surface area (Å²) in [6, 6.07) is 0.933. The molecule has 116 valence electrons. The van der Waals surface area contributed by atoms with Crippen molar-refractivity contribution in [2.75, 3.05) is 5.75 Å². The number of carbonyl (C=O) groups excluding carboxylic acids is 1. The van der Waals surface area contributed by atoms with E-state index in [0.29, 0.717) is 17.8 Å². The molecule has 1 aromatic rings. The summed E-state index contributed by atoms with van der Waals surface area (Å²) in [5.74, 6) is 2.34. The summed E-state index contributed by atoms with van der Waals surface area (Å²) in [7, 11) is 0. The summed E-state index contributed by atoms with van der Waals surface area (Å²) < 4.78 is 2.18. The zero-order chi connectivity index (χ0) is 14.8. The minimum absolute atomic E-state index is 0.127. The average molecular weight is 308 g/mol. The Bertz CT molecular complexity index is 504. The van der Waals surface area contributed by atoms with Gasteiger partial charge in [0, 0.05) is 12.1 Å². The molecule has 2 fully saturated rings. The molecule has 5 nitrogen and oxygen atoms in total. The smallest absolute Gasteiger partial charge is 0.230 e. The normalized spacial score (nSPS) is 25.8. The second-order valence-electron chi connectivity index (χ2n) is 6.44. The van der Waals surface area contributed by atoms with Crippen molar-refractivity contribution in [3.05, 3.63) is 5.82 Å². The van der Waals surface area contributed by atoms with Gasteiger partial charge in [-0.2, -0.15) is 0 Å². The van der Waals surface area contributed by atoms with Gasteiger partial charge in [0.15, 0.2) is 5.16 Å². The third kappa shape index (κ3) is 3.78. The molecular formula is C15H24N4OS. The lowest BCUT2D eigenvalue weighted by Gasteiger charge is -2.26. The number of hydrogen-bond acceptors (Lipinski definition) is 4. The molecular weight excluding hydrogens is 284 g/mol. The van der Waals surface area contributed by atoms with Gasteiger partial charge < -0.3 is 9.88 Å². The maximum atomic E-state index is 12.1. The number of aromatic nitrogens is 3. The van der Waals surface area contributed by atoms with E-state index in [1.807, 2.05) is 6.92 Å². The van der Waals surface area contributed by atoms with E-state index >= 15 is 0 Å². The highest BCUT2D eigenvalue weighted by atomic mass is 32.2. The third-order valence-electron chi connectivity index (χ3n) is 4.46. The van der Waals surface area contributed by atoms with Crippen LogP contribution in [0.25, 0.3) is 0 Å². The molecule has 1 heterocycles. The van der Waals surface area contributed by atoms with Crippen LogP contribution >= 0.6 is 11.8 Å². The van der Waals surface area contributed by atoms with Gasteiger partial charge in [0.25, 0.3) is 0 Å². The quantitative estimate of drug-likeness (QED) is 0.850. The van der Waals surface area contributed by atoms with E-state index in [0.717, 1.165) is 29.7 Å². The Kier molecular flexibility index (Phi) is 4.52. The van der Waals surface area contributed by atoms with Crippen LogP contribution in [0.2, 0.25) is 0 Å². The van der Waals surface area contributed by atoms with Gasteiger partial charge in [-0.1, -0.05) is 18.7 Å². The molecule has 2 saturated carbocycles. The first kappa shape index (κ1) is 14.9. The van der Waals surface area contributed by atoms with Crippen molar-refractivity contribution < 1.29 is 4.79 Å². The van der Waals surface area contributed by atoms with Crippen molar-refractivity contribution in [3.63, 3.8) is 0 Å². The standard InChI is InChI=1S/C15H24N4OS/c1-10-3-5-12(6-4-10)16-14(20)9-21-15-18-17-11(2)19(15)13-7-8-13/h10,12-13H,3-9H2,1-2H3,(H,16,20). The zero-order valence-corrected chi connectivity index (χ0v) is 13.7. The van der Waals surface area contributed by atoms with E-state index in [2.05, 4.69) is 27.0 Å². The first-order chi connectivity index (χ1) is 10.1. The van der Waals surface area contributed by atoms with Crippen molar-refractivity contribution in [3.8, 4) is 0 Å². The van der Waals surface area contributed by atoms with Crippen molar-refractivity contribution in [1.29, 1.82) is 0 Å². The van der Waals surface area contributed by atoms with Crippen LogP contribution in [-0.4, -0.2) is 32.5 Å². The molecule has 21 heavy (non-hydrogen) atoms. The molecule has 1 amide bonds. The number of thioether (sulfide) groups is 1. The Morgan fingerprint density at radius 3 is 2.62 bits per heavy atom. The highest BCUT2D eigenvalue weighted by molar-refractivity contribution is 7.99. The Morgan fingerprint density at radius 2 is 1.95 bits per heavy atom.